The van der Waals surface area contributed by atoms with Crippen molar-refractivity contribution in [1.82, 2.24) is 9.80 Å². The Labute approximate surface area is 158 Å². The predicted molar refractivity (Wildman–Crippen MR) is 99.6 cm³/mol. The maximum atomic E-state index is 13.5. The highest BCUT2D eigenvalue weighted by molar-refractivity contribution is 6.33. The lowest BCUT2D eigenvalue weighted by molar-refractivity contribution is 0.148. The summed E-state index contributed by atoms with van der Waals surface area (Å²) in [7, 11) is 0. The van der Waals surface area contributed by atoms with Gasteiger partial charge in [-0.25, -0.2) is 9.18 Å². The molecule has 0 bridgehead atoms. The first-order valence-electron chi connectivity index (χ1n) is 9.38. The predicted octanol–water partition coefficient (Wildman–Crippen LogP) is 3.32. The first-order valence-corrected chi connectivity index (χ1v) is 9.75. The zero-order valence-corrected chi connectivity index (χ0v) is 15.5. The van der Waals surface area contributed by atoms with Crippen LogP contribution in [0.1, 0.15) is 18.4 Å². The van der Waals surface area contributed by atoms with Crippen molar-refractivity contribution in [2.75, 3.05) is 44.2 Å². The van der Waals surface area contributed by atoms with Gasteiger partial charge in [-0.3, -0.25) is 4.90 Å². The summed E-state index contributed by atoms with van der Waals surface area (Å²) in [6.07, 6.45) is -0.390. The average Bonchev–Trinajstić information content (AvgIpc) is 3.15. The van der Waals surface area contributed by atoms with Gasteiger partial charge in [0.25, 0.3) is 0 Å². The molecule has 4 rings (SSSR count). The molecule has 0 spiro atoms. The fourth-order valence-electron chi connectivity index (χ4n) is 4.73. The lowest BCUT2D eigenvalue weighted by Gasteiger charge is -2.33. The SMILES string of the molecule is O=C(O)N1CC2CN(Cc3cccc(Cl)c3N3CCC(F)CC3)CC2C1. The van der Waals surface area contributed by atoms with Crippen LogP contribution in [0, 0.1) is 11.8 Å². The van der Waals surface area contributed by atoms with E-state index in [1.165, 1.54) is 5.56 Å². The summed E-state index contributed by atoms with van der Waals surface area (Å²) in [5.74, 6) is 0.854. The summed E-state index contributed by atoms with van der Waals surface area (Å²) in [6, 6.07) is 6.00. The molecule has 3 aliphatic rings. The smallest absolute Gasteiger partial charge is 0.407 e. The first-order chi connectivity index (χ1) is 12.5. The Morgan fingerprint density at radius 3 is 2.42 bits per heavy atom. The molecule has 0 aromatic heterocycles. The molecule has 2 atom stereocenters. The number of para-hydroxylation sites is 1. The van der Waals surface area contributed by atoms with Gasteiger partial charge in [0.15, 0.2) is 0 Å². The van der Waals surface area contributed by atoms with Crippen molar-refractivity contribution >= 4 is 23.4 Å². The average molecular weight is 382 g/mol. The summed E-state index contributed by atoms with van der Waals surface area (Å²) in [5, 5.41) is 9.90. The number of piperidine rings is 1. The number of rotatable bonds is 3. The third-order valence-corrected chi connectivity index (χ3v) is 6.34. The minimum atomic E-state index is -0.806. The van der Waals surface area contributed by atoms with Crippen molar-refractivity contribution in [3.05, 3.63) is 28.8 Å². The molecule has 3 heterocycles. The maximum Gasteiger partial charge on any atom is 0.407 e. The highest BCUT2D eigenvalue weighted by Crippen LogP contribution is 2.36. The Morgan fingerprint density at radius 1 is 1.15 bits per heavy atom. The Hall–Kier alpha value is -1.53. The number of halogens is 2. The van der Waals surface area contributed by atoms with Gasteiger partial charge in [-0.15, -0.1) is 0 Å². The van der Waals surface area contributed by atoms with Gasteiger partial charge < -0.3 is 14.9 Å². The van der Waals surface area contributed by atoms with E-state index in [4.69, 9.17) is 16.7 Å². The van der Waals surface area contributed by atoms with Crippen LogP contribution in [0.2, 0.25) is 5.02 Å². The second-order valence-electron chi connectivity index (χ2n) is 7.81. The first kappa shape index (κ1) is 17.9. The highest BCUT2D eigenvalue weighted by atomic mass is 35.5. The number of carbonyl (C=O) groups is 1. The number of nitrogens with zero attached hydrogens (tertiary/aromatic N) is 3. The lowest BCUT2D eigenvalue weighted by Crippen LogP contribution is -2.36. The van der Waals surface area contributed by atoms with E-state index >= 15 is 0 Å². The molecule has 3 aliphatic heterocycles. The molecule has 1 aromatic carbocycles. The molecular weight excluding hydrogens is 357 g/mol. The Bertz CT molecular complexity index is 667. The van der Waals surface area contributed by atoms with Crippen LogP contribution in [-0.4, -0.2) is 66.4 Å². The molecule has 3 fully saturated rings. The van der Waals surface area contributed by atoms with Gasteiger partial charge >= 0.3 is 6.09 Å². The zero-order valence-electron chi connectivity index (χ0n) is 14.8. The van der Waals surface area contributed by atoms with Crippen molar-refractivity contribution < 1.29 is 14.3 Å². The van der Waals surface area contributed by atoms with E-state index in [0.717, 1.165) is 30.3 Å². The molecule has 0 aliphatic carbocycles. The summed E-state index contributed by atoms with van der Waals surface area (Å²) in [5.41, 5.74) is 2.23. The topological polar surface area (TPSA) is 47.0 Å². The van der Waals surface area contributed by atoms with Crippen molar-refractivity contribution in [1.29, 1.82) is 0 Å². The molecule has 3 saturated heterocycles. The van der Waals surface area contributed by atoms with Crippen LogP contribution in [0.15, 0.2) is 18.2 Å². The van der Waals surface area contributed by atoms with Crippen LogP contribution >= 0.6 is 11.6 Å². The molecule has 142 valence electrons. The van der Waals surface area contributed by atoms with Gasteiger partial charge in [0.05, 0.1) is 10.7 Å². The fourth-order valence-corrected chi connectivity index (χ4v) is 5.04. The summed E-state index contributed by atoms with van der Waals surface area (Å²) in [4.78, 5) is 17.3. The fraction of sp³-hybridized carbons (Fsp3) is 0.632. The zero-order chi connectivity index (χ0) is 18.3. The van der Waals surface area contributed by atoms with Gasteiger partial charge in [0.2, 0.25) is 0 Å². The van der Waals surface area contributed by atoms with E-state index in [2.05, 4.69) is 15.9 Å². The van der Waals surface area contributed by atoms with Crippen molar-refractivity contribution in [3.63, 3.8) is 0 Å². The van der Waals surface area contributed by atoms with Crippen LogP contribution in [0.4, 0.5) is 14.9 Å². The van der Waals surface area contributed by atoms with Crippen LogP contribution in [-0.2, 0) is 6.54 Å². The minimum absolute atomic E-state index is 0.427. The quantitative estimate of drug-likeness (QED) is 0.872. The number of hydrogen-bond donors (Lipinski definition) is 1. The second-order valence-corrected chi connectivity index (χ2v) is 8.22. The number of alkyl halides is 1. The number of hydrogen-bond acceptors (Lipinski definition) is 3. The Kier molecular flexibility index (Phi) is 4.97. The molecule has 0 saturated carbocycles. The summed E-state index contributed by atoms with van der Waals surface area (Å²) < 4.78 is 13.5. The Morgan fingerprint density at radius 2 is 1.81 bits per heavy atom. The maximum absolute atomic E-state index is 13.5. The normalized spacial score (nSPS) is 27.2. The molecule has 0 radical (unpaired) electrons. The number of likely N-dealkylation sites (tertiary alicyclic amines) is 2. The molecule has 5 nitrogen and oxygen atoms in total. The number of anilines is 1. The number of fused-ring (bicyclic) bond motifs is 1. The third-order valence-electron chi connectivity index (χ3n) is 6.04. The van der Waals surface area contributed by atoms with E-state index in [0.29, 0.717) is 50.9 Å². The van der Waals surface area contributed by atoms with Crippen molar-refractivity contribution in [2.24, 2.45) is 11.8 Å². The third kappa shape index (κ3) is 3.49. The van der Waals surface area contributed by atoms with E-state index in [1.54, 1.807) is 4.90 Å². The van der Waals surface area contributed by atoms with Crippen LogP contribution in [0.25, 0.3) is 0 Å². The Balaban J connectivity index is 1.45. The van der Waals surface area contributed by atoms with Gasteiger partial charge in [-0.2, -0.15) is 0 Å². The number of benzene rings is 1. The molecule has 26 heavy (non-hydrogen) atoms. The van der Waals surface area contributed by atoms with Crippen molar-refractivity contribution in [3.8, 4) is 0 Å². The standard InChI is InChI=1S/C19H25ClFN3O2/c20-17-3-1-2-13(18(17)23-6-4-16(21)5-7-23)8-22-9-14-11-24(19(25)26)12-15(14)10-22/h1-3,14-16H,4-12H2,(H,25,26). The van der Waals surface area contributed by atoms with Gasteiger partial charge in [-0.05, 0) is 36.3 Å². The van der Waals surface area contributed by atoms with Gasteiger partial charge in [-0.1, -0.05) is 23.7 Å². The summed E-state index contributed by atoms with van der Waals surface area (Å²) in [6.45, 7) is 5.35. The molecule has 1 N–H and O–H groups in total. The van der Waals surface area contributed by atoms with Crippen LogP contribution in [0.3, 0.4) is 0 Å². The van der Waals surface area contributed by atoms with Gasteiger partial charge in [0.1, 0.15) is 6.17 Å². The molecule has 2 unspecified atom stereocenters. The molecule has 1 amide bonds. The number of carboxylic acid groups (broad SMARTS) is 1. The molecule has 1 aromatic rings. The van der Waals surface area contributed by atoms with E-state index < -0.39 is 12.3 Å². The van der Waals surface area contributed by atoms with E-state index in [-0.39, 0.29) is 0 Å². The van der Waals surface area contributed by atoms with E-state index in [1.807, 2.05) is 12.1 Å². The second kappa shape index (κ2) is 7.24. The summed E-state index contributed by atoms with van der Waals surface area (Å²) >= 11 is 6.51. The number of amides is 1. The van der Waals surface area contributed by atoms with Gasteiger partial charge in [0, 0.05) is 45.8 Å². The van der Waals surface area contributed by atoms with Crippen LogP contribution < -0.4 is 4.90 Å². The highest BCUT2D eigenvalue weighted by Gasteiger charge is 2.41. The van der Waals surface area contributed by atoms with E-state index in [9.17, 15) is 9.18 Å². The minimum Gasteiger partial charge on any atom is -0.465 e. The van der Waals surface area contributed by atoms with Crippen LogP contribution in [0.5, 0.6) is 0 Å². The monoisotopic (exact) mass is 381 g/mol. The van der Waals surface area contributed by atoms with Crippen molar-refractivity contribution in [2.45, 2.75) is 25.6 Å². The lowest BCUT2D eigenvalue weighted by atomic mass is 10.0. The largest absolute Gasteiger partial charge is 0.465 e. The molecular formula is C19H25ClFN3O2. The molecule has 7 heteroatoms.